The van der Waals surface area contributed by atoms with Crippen LogP contribution in [0.5, 0.6) is 5.75 Å². The monoisotopic (exact) mass is 302 g/mol. The third-order valence-electron chi connectivity index (χ3n) is 4.49. The molecule has 0 radical (unpaired) electrons. The third-order valence-corrected chi connectivity index (χ3v) is 4.49. The second kappa shape index (κ2) is 4.76. The van der Waals surface area contributed by atoms with Crippen molar-refractivity contribution in [1.82, 2.24) is 9.47 Å². The van der Waals surface area contributed by atoms with Crippen molar-refractivity contribution < 1.29 is 19.4 Å². The highest BCUT2D eigenvalue weighted by Gasteiger charge is 2.42. The molecule has 6 nitrogen and oxygen atoms in total. The molecule has 1 amide bonds. The fourth-order valence-electron chi connectivity index (χ4n) is 3.33. The van der Waals surface area contributed by atoms with Gasteiger partial charge in [0.2, 0.25) is 0 Å². The van der Waals surface area contributed by atoms with Gasteiger partial charge in [-0.25, -0.2) is 4.79 Å². The van der Waals surface area contributed by atoms with E-state index in [1.165, 1.54) is 11.8 Å². The molecule has 3 rings (SSSR count). The van der Waals surface area contributed by atoms with Crippen LogP contribution in [0, 0.1) is 0 Å². The number of fused-ring (bicyclic) bond motifs is 3. The number of carbonyl (C=O) groups is 2. The lowest BCUT2D eigenvalue weighted by Crippen LogP contribution is -2.41. The highest BCUT2D eigenvalue weighted by molar-refractivity contribution is 6.06. The second-order valence-corrected chi connectivity index (χ2v) is 5.61. The molecule has 2 aromatic rings. The van der Waals surface area contributed by atoms with E-state index in [9.17, 15) is 14.7 Å². The number of benzene rings is 1. The Morgan fingerprint density at radius 3 is 2.68 bits per heavy atom. The Bertz CT molecular complexity index is 793. The molecule has 22 heavy (non-hydrogen) atoms. The fraction of sp³-hybridized carbons (Fsp3) is 0.375. The van der Waals surface area contributed by atoms with E-state index in [-0.39, 0.29) is 11.9 Å². The second-order valence-electron chi connectivity index (χ2n) is 5.61. The van der Waals surface area contributed by atoms with Crippen molar-refractivity contribution in [2.24, 2.45) is 7.05 Å². The third kappa shape index (κ3) is 1.73. The first kappa shape index (κ1) is 14.4. The molecule has 0 aliphatic carbocycles. The molecule has 1 aliphatic rings. The number of hydrogen-bond donors (Lipinski definition) is 1. The summed E-state index contributed by atoms with van der Waals surface area (Å²) in [5.74, 6) is -0.532. The van der Waals surface area contributed by atoms with Gasteiger partial charge in [0.1, 0.15) is 17.5 Å². The zero-order chi connectivity index (χ0) is 16.2. The number of aryl methyl sites for hydroxylation is 1. The van der Waals surface area contributed by atoms with Crippen LogP contribution < -0.4 is 4.74 Å². The van der Waals surface area contributed by atoms with Crippen molar-refractivity contribution in [1.29, 1.82) is 0 Å². The Morgan fingerprint density at radius 2 is 2.09 bits per heavy atom. The summed E-state index contributed by atoms with van der Waals surface area (Å²) in [5.41, 5.74) is 2.37. The molecular formula is C16H18N2O4. The highest BCUT2D eigenvalue weighted by atomic mass is 16.5. The molecule has 2 atom stereocenters. The number of hydrogen-bond acceptors (Lipinski definition) is 3. The Kier molecular flexibility index (Phi) is 3.12. The summed E-state index contributed by atoms with van der Waals surface area (Å²) in [6.45, 7) is 3.40. The van der Waals surface area contributed by atoms with Crippen LogP contribution in [0.4, 0.5) is 0 Å². The van der Waals surface area contributed by atoms with Gasteiger partial charge < -0.3 is 19.3 Å². The predicted molar refractivity (Wildman–Crippen MR) is 81.2 cm³/mol. The zero-order valence-electron chi connectivity index (χ0n) is 13.0. The Balaban J connectivity index is 2.23. The van der Waals surface area contributed by atoms with E-state index in [2.05, 4.69) is 0 Å². The van der Waals surface area contributed by atoms with Gasteiger partial charge >= 0.3 is 5.97 Å². The molecule has 0 fully saturated rings. The van der Waals surface area contributed by atoms with Gasteiger partial charge in [-0.3, -0.25) is 4.79 Å². The summed E-state index contributed by atoms with van der Waals surface area (Å²) in [5, 5.41) is 10.2. The number of amides is 1. The van der Waals surface area contributed by atoms with Crippen LogP contribution in [0.2, 0.25) is 0 Å². The predicted octanol–water partition coefficient (Wildman–Crippen LogP) is 2.18. The zero-order valence-corrected chi connectivity index (χ0v) is 13.0. The number of carboxylic acid groups (broad SMARTS) is 1. The van der Waals surface area contributed by atoms with Crippen LogP contribution in [0.3, 0.4) is 0 Å². The van der Waals surface area contributed by atoms with Crippen molar-refractivity contribution in [3.8, 4) is 5.75 Å². The van der Waals surface area contributed by atoms with Gasteiger partial charge in [-0.15, -0.1) is 0 Å². The summed E-state index contributed by atoms with van der Waals surface area (Å²) < 4.78 is 7.09. The lowest BCUT2D eigenvalue weighted by molar-refractivity contribution is -0.142. The van der Waals surface area contributed by atoms with Gasteiger partial charge in [0, 0.05) is 23.5 Å². The summed E-state index contributed by atoms with van der Waals surface area (Å²) in [6, 6.07) is 4.51. The average molecular weight is 302 g/mol. The molecule has 1 N–H and O–H groups in total. The standard InChI is InChI=1S/C16H18N2O4/c1-8-13-11-7-10(22-4)5-6-12(11)17(3)14(13)15(19)18(8)9(2)16(20)21/h5-9H,1-4H3,(H,20,21). The van der Waals surface area contributed by atoms with Crippen LogP contribution in [-0.2, 0) is 11.8 Å². The number of carboxylic acids is 1. The minimum Gasteiger partial charge on any atom is -0.497 e. The molecule has 1 aromatic heterocycles. The largest absolute Gasteiger partial charge is 0.497 e. The minimum absolute atomic E-state index is 0.241. The van der Waals surface area contributed by atoms with E-state index >= 15 is 0 Å². The molecule has 0 spiro atoms. The number of nitrogens with zero attached hydrogens (tertiary/aromatic N) is 2. The van der Waals surface area contributed by atoms with Crippen molar-refractivity contribution in [2.45, 2.75) is 25.9 Å². The van der Waals surface area contributed by atoms with E-state index in [1.807, 2.05) is 36.7 Å². The smallest absolute Gasteiger partial charge is 0.326 e. The van der Waals surface area contributed by atoms with Crippen molar-refractivity contribution in [2.75, 3.05) is 7.11 Å². The van der Waals surface area contributed by atoms with Gasteiger partial charge in [0.15, 0.2) is 0 Å². The molecule has 0 bridgehead atoms. The van der Waals surface area contributed by atoms with Crippen LogP contribution >= 0.6 is 0 Å². The summed E-state index contributed by atoms with van der Waals surface area (Å²) in [6.07, 6.45) is 0. The number of carbonyl (C=O) groups excluding carboxylic acids is 1. The lowest BCUT2D eigenvalue weighted by Gasteiger charge is -2.26. The van der Waals surface area contributed by atoms with E-state index < -0.39 is 12.0 Å². The number of aliphatic carboxylic acids is 1. The molecule has 0 saturated carbocycles. The van der Waals surface area contributed by atoms with Crippen LogP contribution in [0.15, 0.2) is 18.2 Å². The lowest BCUT2D eigenvalue weighted by atomic mass is 10.1. The topological polar surface area (TPSA) is 71.8 Å². The maximum Gasteiger partial charge on any atom is 0.326 e. The van der Waals surface area contributed by atoms with Crippen LogP contribution in [-0.4, -0.2) is 39.6 Å². The van der Waals surface area contributed by atoms with Gasteiger partial charge in [0.05, 0.1) is 13.2 Å². The van der Waals surface area contributed by atoms with Crippen LogP contribution in [0.1, 0.15) is 35.9 Å². The summed E-state index contributed by atoms with van der Waals surface area (Å²) >= 11 is 0. The quantitative estimate of drug-likeness (QED) is 0.943. The maximum atomic E-state index is 12.7. The number of methoxy groups -OCH3 is 1. The molecule has 116 valence electrons. The van der Waals surface area contributed by atoms with Crippen LogP contribution in [0.25, 0.3) is 10.9 Å². The van der Waals surface area contributed by atoms with E-state index in [4.69, 9.17) is 4.74 Å². The highest BCUT2D eigenvalue weighted by Crippen LogP contribution is 2.42. The first-order valence-corrected chi connectivity index (χ1v) is 7.10. The average Bonchev–Trinajstić information content (AvgIpc) is 2.92. The van der Waals surface area contributed by atoms with Crippen molar-refractivity contribution in [3.63, 3.8) is 0 Å². The number of rotatable bonds is 3. The molecular weight excluding hydrogens is 284 g/mol. The van der Waals surface area contributed by atoms with Crippen molar-refractivity contribution in [3.05, 3.63) is 29.5 Å². The Labute approximate surface area is 127 Å². The van der Waals surface area contributed by atoms with Gasteiger partial charge in [-0.05, 0) is 32.0 Å². The van der Waals surface area contributed by atoms with Gasteiger partial charge in [0.25, 0.3) is 5.91 Å². The summed E-state index contributed by atoms with van der Waals surface area (Å²) in [4.78, 5) is 25.4. The number of aromatic nitrogens is 1. The van der Waals surface area contributed by atoms with Gasteiger partial charge in [-0.2, -0.15) is 0 Å². The minimum atomic E-state index is -1.00. The molecule has 1 aromatic carbocycles. The first-order valence-electron chi connectivity index (χ1n) is 7.10. The number of ether oxygens (including phenoxy) is 1. The Morgan fingerprint density at radius 1 is 1.41 bits per heavy atom. The Hall–Kier alpha value is -2.50. The molecule has 1 aliphatic heterocycles. The molecule has 2 unspecified atom stereocenters. The summed E-state index contributed by atoms with van der Waals surface area (Å²) in [7, 11) is 3.42. The molecule has 0 saturated heterocycles. The van der Waals surface area contributed by atoms with E-state index in [0.717, 1.165) is 16.5 Å². The fourth-order valence-corrected chi connectivity index (χ4v) is 3.33. The first-order chi connectivity index (χ1) is 10.4. The van der Waals surface area contributed by atoms with Gasteiger partial charge in [-0.1, -0.05) is 0 Å². The molecule has 6 heteroatoms. The molecule has 2 heterocycles. The van der Waals surface area contributed by atoms with E-state index in [0.29, 0.717) is 11.4 Å². The van der Waals surface area contributed by atoms with E-state index in [1.54, 1.807) is 7.11 Å². The van der Waals surface area contributed by atoms with Crippen molar-refractivity contribution >= 4 is 22.8 Å². The normalized spacial score (nSPS) is 18.6. The SMILES string of the molecule is COc1ccc2c(c1)c1c(n2C)C(=O)N(C(C)C(=O)O)C1C. The maximum absolute atomic E-state index is 12.7.